The molecule has 0 bridgehead atoms. The normalized spacial score (nSPS) is 27.5. The standard InChI is InChI=1S/C16H26N2O/c1-10(2)14-6-5-11(3)7-15(14)19-16-12(4)8-13(17)9-18-16/h8-11,14-15H,5-7,17H2,1-4H3. The van der Waals surface area contributed by atoms with E-state index in [2.05, 4.69) is 25.8 Å². The monoisotopic (exact) mass is 262 g/mol. The molecule has 2 rings (SSSR count). The fraction of sp³-hybridized carbons (Fsp3) is 0.688. The highest BCUT2D eigenvalue weighted by Gasteiger charge is 2.32. The Morgan fingerprint density at radius 3 is 2.74 bits per heavy atom. The molecule has 0 radical (unpaired) electrons. The van der Waals surface area contributed by atoms with E-state index < -0.39 is 0 Å². The summed E-state index contributed by atoms with van der Waals surface area (Å²) in [6.45, 7) is 8.91. The lowest BCUT2D eigenvalue weighted by Crippen LogP contribution is -2.36. The molecule has 0 saturated heterocycles. The van der Waals surface area contributed by atoms with Gasteiger partial charge in [-0.15, -0.1) is 0 Å². The van der Waals surface area contributed by atoms with Gasteiger partial charge in [-0.2, -0.15) is 0 Å². The van der Waals surface area contributed by atoms with Crippen LogP contribution >= 0.6 is 0 Å². The van der Waals surface area contributed by atoms with E-state index in [1.54, 1.807) is 6.20 Å². The van der Waals surface area contributed by atoms with E-state index in [1.807, 2.05) is 13.0 Å². The van der Waals surface area contributed by atoms with Crippen molar-refractivity contribution in [1.29, 1.82) is 0 Å². The first kappa shape index (κ1) is 14.2. The summed E-state index contributed by atoms with van der Waals surface area (Å²) in [4.78, 5) is 4.34. The van der Waals surface area contributed by atoms with Crippen LogP contribution in [-0.4, -0.2) is 11.1 Å². The first-order chi connectivity index (χ1) is 8.97. The molecule has 1 saturated carbocycles. The number of nitrogen functional groups attached to an aromatic ring is 1. The number of nitrogens with two attached hydrogens (primary N) is 1. The van der Waals surface area contributed by atoms with Gasteiger partial charge in [-0.25, -0.2) is 4.98 Å². The highest BCUT2D eigenvalue weighted by molar-refractivity contribution is 5.41. The number of aromatic nitrogens is 1. The Balaban J connectivity index is 2.14. The molecule has 1 aromatic rings. The van der Waals surface area contributed by atoms with E-state index in [1.165, 1.54) is 12.8 Å². The van der Waals surface area contributed by atoms with Gasteiger partial charge in [-0.1, -0.05) is 27.2 Å². The van der Waals surface area contributed by atoms with Crippen molar-refractivity contribution < 1.29 is 4.74 Å². The molecule has 3 heteroatoms. The Morgan fingerprint density at radius 1 is 1.37 bits per heavy atom. The summed E-state index contributed by atoms with van der Waals surface area (Å²) >= 11 is 0. The summed E-state index contributed by atoms with van der Waals surface area (Å²) < 4.78 is 6.22. The quantitative estimate of drug-likeness (QED) is 0.901. The van der Waals surface area contributed by atoms with Crippen molar-refractivity contribution in [1.82, 2.24) is 4.98 Å². The average Bonchev–Trinajstić information content (AvgIpc) is 2.32. The van der Waals surface area contributed by atoms with Gasteiger partial charge in [0.2, 0.25) is 5.88 Å². The molecule has 3 nitrogen and oxygen atoms in total. The molecule has 3 unspecified atom stereocenters. The maximum absolute atomic E-state index is 6.22. The summed E-state index contributed by atoms with van der Waals surface area (Å²) in [6.07, 6.45) is 5.68. The molecule has 1 aliphatic carbocycles. The fourth-order valence-corrected chi connectivity index (χ4v) is 3.10. The van der Waals surface area contributed by atoms with Crippen molar-refractivity contribution in [3.05, 3.63) is 17.8 Å². The molecular weight excluding hydrogens is 236 g/mol. The molecule has 1 fully saturated rings. The van der Waals surface area contributed by atoms with Crippen LogP contribution < -0.4 is 10.5 Å². The average molecular weight is 262 g/mol. The third-order valence-electron chi connectivity index (χ3n) is 4.28. The van der Waals surface area contributed by atoms with Crippen LogP contribution in [0.15, 0.2) is 12.3 Å². The number of nitrogens with zero attached hydrogens (tertiary/aromatic N) is 1. The number of hydrogen-bond acceptors (Lipinski definition) is 3. The van der Waals surface area contributed by atoms with Crippen molar-refractivity contribution in [2.45, 2.75) is 53.1 Å². The third-order valence-corrected chi connectivity index (χ3v) is 4.28. The van der Waals surface area contributed by atoms with Crippen molar-refractivity contribution in [3.63, 3.8) is 0 Å². The zero-order valence-electron chi connectivity index (χ0n) is 12.5. The molecule has 1 heterocycles. The number of aryl methyl sites for hydroxylation is 1. The number of hydrogen-bond donors (Lipinski definition) is 1. The van der Waals surface area contributed by atoms with E-state index in [4.69, 9.17) is 10.5 Å². The lowest BCUT2D eigenvalue weighted by atomic mass is 9.75. The van der Waals surface area contributed by atoms with E-state index >= 15 is 0 Å². The zero-order valence-corrected chi connectivity index (χ0v) is 12.5. The van der Waals surface area contributed by atoms with Crippen molar-refractivity contribution >= 4 is 5.69 Å². The van der Waals surface area contributed by atoms with Gasteiger partial charge in [0.25, 0.3) is 0 Å². The van der Waals surface area contributed by atoms with Gasteiger partial charge in [-0.05, 0) is 43.6 Å². The maximum atomic E-state index is 6.22. The second-order valence-electron chi connectivity index (χ2n) is 6.37. The molecule has 2 N–H and O–H groups in total. The van der Waals surface area contributed by atoms with Gasteiger partial charge >= 0.3 is 0 Å². The summed E-state index contributed by atoms with van der Waals surface area (Å²) in [5.74, 6) is 2.79. The van der Waals surface area contributed by atoms with Crippen LogP contribution in [0.1, 0.15) is 45.6 Å². The molecule has 19 heavy (non-hydrogen) atoms. The minimum Gasteiger partial charge on any atom is -0.474 e. The topological polar surface area (TPSA) is 48.1 Å². The number of rotatable bonds is 3. The van der Waals surface area contributed by atoms with Gasteiger partial charge in [0, 0.05) is 5.56 Å². The predicted octanol–water partition coefficient (Wildman–Crippen LogP) is 3.81. The Bertz CT molecular complexity index is 431. The Morgan fingerprint density at radius 2 is 2.11 bits per heavy atom. The van der Waals surface area contributed by atoms with Crippen LogP contribution in [0.25, 0.3) is 0 Å². The van der Waals surface area contributed by atoms with E-state index in [9.17, 15) is 0 Å². The van der Waals surface area contributed by atoms with Gasteiger partial charge in [0.05, 0.1) is 11.9 Å². The molecule has 0 aliphatic heterocycles. The Labute approximate surface area is 116 Å². The van der Waals surface area contributed by atoms with Crippen LogP contribution in [-0.2, 0) is 0 Å². The minimum atomic E-state index is 0.290. The van der Waals surface area contributed by atoms with Gasteiger partial charge in [-0.3, -0.25) is 0 Å². The minimum absolute atomic E-state index is 0.290. The molecule has 1 aliphatic rings. The van der Waals surface area contributed by atoms with Crippen LogP contribution in [0.4, 0.5) is 5.69 Å². The van der Waals surface area contributed by atoms with Gasteiger partial charge < -0.3 is 10.5 Å². The number of anilines is 1. The van der Waals surface area contributed by atoms with E-state index in [0.29, 0.717) is 23.6 Å². The summed E-state index contributed by atoms with van der Waals surface area (Å²) in [5, 5.41) is 0. The second kappa shape index (κ2) is 5.81. The molecule has 1 aromatic heterocycles. The first-order valence-corrected chi connectivity index (χ1v) is 7.36. The van der Waals surface area contributed by atoms with Crippen LogP contribution in [0.3, 0.4) is 0 Å². The van der Waals surface area contributed by atoms with Crippen molar-refractivity contribution in [2.24, 2.45) is 17.8 Å². The van der Waals surface area contributed by atoms with Gasteiger partial charge in [0.1, 0.15) is 6.10 Å². The van der Waals surface area contributed by atoms with Crippen LogP contribution in [0.5, 0.6) is 5.88 Å². The SMILES string of the molecule is Cc1cc(N)cnc1OC1CC(C)CCC1C(C)C. The van der Waals surface area contributed by atoms with E-state index in [-0.39, 0.29) is 0 Å². The van der Waals surface area contributed by atoms with Crippen molar-refractivity contribution in [2.75, 3.05) is 5.73 Å². The largest absolute Gasteiger partial charge is 0.474 e. The highest BCUT2D eigenvalue weighted by atomic mass is 16.5. The van der Waals surface area contributed by atoms with Gasteiger partial charge in [0.15, 0.2) is 0 Å². The molecule has 0 amide bonds. The lowest BCUT2D eigenvalue weighted by Gasteiger charge is -2.37. The number of pyridine rings is 1. The predicted molar refractivity (Wildman–Crippen MR) is 79.1 cm³/mol. The molecule has 0 aromatic carbocycles. The molecule has 3 atom stereocenters. The first-order valence-electron chi connectivity index (χ1n) is 7.36. The summed E-state index contributed by atoms with van der Waals surface area (Å²) in [6, 6.07) is 1.93. The smallest absolute Gasteiger partial charge is 0.216 e. The summed E-state index contributed by atoms with van der Waals surface area (Å²) in [5.41, 5.74) is 7.47. The van der Waals surface area contributed by atoms with E-state index in [0.717, 1.165) is 23.8 Å². The van der Waals surface area contributed by atoms with Crippen LogP contribution in [0, 0.1) is 24.7 Å². The highest BCUT2D eigenvalue weighted by Crippen LogP contribution is 2.36. The summed E-state index contributed by atoms with van der Waals surface area (Å²) in [7, 11) is 0. The Kier molecular flexibility index (Phi) is 4.33. The van der Waals surface area contributed by atoms with Crippen LogP contribution in [0.2, 0.25) is 0 Å². The lowest BCUT2D eigenvalue weighted by molar-refractivity contribution is 0.0421. The fourth-order valence-electron chi connectivity index (χ4n) is 3.10. The maximum Gasteiger partial charge on any atom is 0.216 e. The second-order valence-corrected chi connectivity index (χ2v) is 6.37. The molecule has 106 valence electrons. The molecule has 0 spiro atoms. The molecular formula is C16H26N2O. The van der Waals surface area contributed by atoms with Crippen molar-refractivity contribution in [3.8, 4) is 5.88 Å². The third kappa shape index (κ3) is 3.40. The zero-order chi connectivity index (χ0) is 14.0. The Hall–Kier alpha value is -1.25. The number of ether oxygens (including phenoxy) is 1.